The molecule has 28 heavy (non-hydrogen) atoms. The molecule has 0 amide bonds. The summed E-state index contributed by atoms with van der Waals surface area (Å²) in [5.74, 6) is 0.880. The lowest BCUT2D eigenvalue weighted by Crippen LogP contribution is -2.48. The molecule has 1 unspecified atom stereocenters. The van der Waals surface area contributed by atoms with Gasteiger partial charge in [0.25, 0.3) is 0 Å². The zero-order chi connectivity index (χ0) is 19.1. The van der Waals surface area contributed by atoms with Crippen LogP contribution in [0.15, 0.2) is 55.2 Å². The summed E-state index contributed by atoms with van der Waals surface area (Å²) in [4.78, 5) is 11.3. The van der Waals surface area contributed by atoms with Crippen molar-refractivity contribution in [1.29, 1.82) is 0 Å². The van der Waals surface area contributed by atoms with Gasteiger partial charge in [0.05, 0.1) is 36.6 Å². The number of hydrogen-bond acceptors (Lipinski definition) is 6. The number of benzene rings is 1. The molecule has 1 aromatic carbocycles. The molecule has 1 aliphatic rings. The highest BCUT2D eigenvalue weighted by atomic mass is 16.5. The number of ether oxygens (including phenoxy) is 1. The monoisotopic (exact) mass is 375 g/mol. The minimum absolute atomic E-state index is 0.445. The molecule has 0 spiro atoms. The average Bonchev–Trinajstić information content (AvgIpc) is 3.35. The molecular weight excluding hydrogens is 354 g/mol. The normalized spacial score (nSPS) is 20.0. The number of morpholine rings is 1. The second-order valence-corrected chi connectivity index (χ2v) is 7.23. The predicted octanol–water partition coefficient (Wildman–Crippen LogP) is 2.30. The van der Waals surface area contributed by atoms with E-state index >= 15 is 0 Å². The number of nitrogens with zero attached hydrogens (tertiary/aromatic N) is 7. The Hall–Kier alpha value is -3.26. The number of rotatable bonds is 3. The van der Waals surface area contributed by atoms with Crippen LogP contribution in [0.4, 0.5) is 5.82 Å². The van der Waals surface area contributed by atoms with Gasteiger partial charge in [-0.3, -0.25) is 4.68 Å². The van der Waals surface area contributed by atoms with Gasteiger partial charge in [0.15, 0.2) is 5.65 Å². The first kappa shape index (κ1) is 16.9. The third-order valence-corrected chi connectivity index (χ3v) is 5.24. The Morgan fingerprint density at radius 1 is 1.07 bits per heavy atom. The maximum absolute atomic E-state index is 6.14. The van der Waals surface area contributed by atoms with Crippen molar-refractivity contribution < 1.29 is 4.74 Å². The van der Waals surface area contributed by atoms with Gasteiger partial charge in [-0.15, -0.1) is 0 Å². The number of anilines is 1. The van der Waals surface area contributed by atoms with E-state index in [0.29, 0.717) is 13.2 Å². The first-order valence-corrected chi connectivity index (χ1v) is 9.26. The quantitative estimate of drug-likeness (QED) is 0.547. The lowest BCUT2D eigenvalue weighted by molar-refractivity contribution is -0.0467. The molecule has 4 aromatic rings. The van der Waals surface area contributed by atoms with E-state index in [1.807, 2.05) is 60.7 Å². The Labute approximate surface area is 162 Å². The summed E-state index contributed by atoms with van der Waals surface area (Å²) in [7, 11) is 1.92. The molecule has 0 saturated carbocycles. The number of aromatic nitrogens is 6. The van der Waals surface area contributed by atoms with Gasteiger partial charge in [0.1, 0.15) is 17.7 Å². The van der Waals surface area contributed by atoms with E-state index in [9.17, 15) is 0 Å². The van der Waals surface area contributed by atoms with Gasteiger partial charge < -0.3 is 9.64 Å². The molecule has 1 saturated heterocycles. The zero-order valence-corrected chi connectivity index (χ0v) is 15.9. The Morgan fingerprint density at radius 2 is 1.93 bits per heavy atom. The Morgan fingerprint density at radius 3 is 2.71 bits per heavy atom. The molecule has 3 aromatic heterocycles. The van der Waals surface area contributed by atoms with Crippen LogP contribution in [0.1, 0.15) is 12.5 Å². The average molecular weight is 375 g/mol. The highest BCUT2D eigenvalue weighted by Crippen LogP contribution is 2.33. The van der Waals surface area contributed by atoms with Crippen molar-refractivity contribution in [3.63, 3.8) is 0 Å². The highest BCUT2D eigenvalue weighted by Gasteiger charge is 2.36. The number of aryl methyl sites for hydroxylation is 1. The predicted molar refractivity (Wildman–Crippen MR) is 105 cm³/mol. The molecule has 0 radical (unpaired) electrons. The standard InChI is InChI=1S/C20H21N7O/c1-20(15-10-23-25(2)12-15)13-26(8-9-28-20)18-17-11-24-27(19(17)22-14-21-18)16-6-4-3-5-7-16/h3-7,10-12,14H,8-9,13H2,1-2H3. The summed E-state index contributed by atoms with van der Waals surface area (Å²) in [6.07, 6.45) is 7.32. The molecule has 1 atom stereocenters. The smallest absolute Gasteiger partial charge is 0.168 e. The molecule has 4 heterocycles. The lowest BCUT2D eigenvalue weighted by Gasteiger charge is -2.40. The van der Waals surface area contributed by atoms with Crippen molar-refractivity contribution in [3.05, 3.63) is 60.8 Å². The van der Waals surface area contributed by atoms with Crippen LogP contribution in [0.3, 0.4) is 0 Å². The maximum atomic E-state index is 6.14. The highest BCUT2D eigenvalue weighted by molar-refractivity contribution is 5.87. The van der Waals surface area contributed by atoms with Crippen molar-refractivity contribution in [2.45, 2.75) is 12.5 Å². The largest absolute Gasteiger partial charge is 0.367 e. The van der Waals surface area contributed by atoms with Crippen LogP contribution in [0.5, 0.6) is 0 Å². The van der Waals surface area contributed by atoms with Crippen molar-refractivity contribution in [2.24, 2.45) is 7.05 Å². The van der Waals surface area contributed by atoms with Gasteiger partial charge >= 0.3 is 0 Å². The van der Waals surface area contributed by atoms with Crippen molar-refractivity contribution >= 4 is 16.9 Å². The summed E-state index contributed by atoms with van der Waals surface area (Å²) in [5.41, 5.74) is 2.39. The third-order valence-electron chi connectivity index (χ3n) is 5.24. The minimum Gasteiger partial charge on any atom is -0.367 e. The van der Waals surface area contributed by atoms with E-state index in [0.717, 1.165) is 34.6 Å². The molecule has 8 heteroatoms. The van der Waals surface area contributed by atoms with Crippen LogP contribution in [0, 0.1) is 0 Å². The lowest BCUT2D eigenvalue weighted by atomic mass is 9.97. The van der Waals surface area contributed by atoms with Crippen LogP contribution in [0.2, 0.25) is 0 Å². The molecule has 0 N–H and O–H groups in total. The molecule has 0 bridgehead atoms. The summed E-state index contributed by atoms with van der Waals surface area (Å²) < 4.78 is 9.79. The van der Waals surface area contributed by atoms with E-state index in [1.54, 1.807) is 11.0 Å². The van der Waals surface area contributed by atoms with E-state index < -0.39 is 5.60 Å². The number of para-hydroxylation sites is 1. The molecule has 142 valence electrons. The maximum Gasteiger partial charge on any atom is 0.168 e. The molecular formula is C20H21N7O. The molecule has 8 nitrogen and oxygen atoms in total. The SMILES string of the molecule is Cn1cc(C2(C)CN(c3ncnc4c3cnn4-c3ccccc3)CCO2)cn1. The van der Waals surface area contributed by atoms with Crippen LogP contribution >= 0.6 is 0 Å². The van der Waals surface area contributed by atoms with E-state index in [4.69, 9.17) is 4.74 Å². The van der Waals surface area contributed by atoms with Gasteiger partial charge in [-0.1, -0.05) is 18.2 Å². The van der Waals surface area contributed by atoms with Crippen LogP contribution in [0.25, 0.3) is 16.7 Å². The fraction of sp³-hybridized carbons (Fsp3) is 0.300. The van der Waals surface area contributed by atoms with E-state index in [-0.39, 0.29) is 0 Å². The van der Waals surface area contributed by atoms with Crippen molar-refractivity contribution in [1.82, 2.24) is 29.5 Å². The summed E-state index contributed by atoms with van der Waals surface area (Å²) in [5, 5.41) is 9.79. The number of fused-ring (bicyclic) bond motifs is 1. The Bertz CT molecular complexity index is 1120. The fourth-order valence-corrected chi connectivity index (χ4v) is 3.76. The van der Waals surface area contributed by atoms with Gasteiger partial charge in [0.2, 0.25) is 0 Å². The zero-order valence-electron chi connectivity index (χ0n) is 15.9. The Kier molecular flexibility index (Phi) is 3.87. The van der Waals surface area contributed by atoms with E-state index in [2.05, 4.69) is 32.0 Å². The second-order valence-electron chi connectivity index (χ2n) is 7.23. The molecule has 5 rings (SSSR count). The fourth-order valence-electron chi connectivity index (χ4n) is 3.76. The first-order valence-electron chi connectivity index (χ1n) is 9.26. The summed E-state index contributed by atoms with van der Waals surface area (Å²) in [6.45, 7) is 4.16. The topological polar surface area (TPSA) is 73.9 Å². The molecule has 1 aliphatic heterocycles. The Balaban J connectivity index is 1.53. The van der Waals surface area contributed by atoms with Gasteiger partial charge in [-0.05, 0) is 19.1 Å². The molecule has 0 aliphatic carbocycles. The van der Waals surface area contributed by atoms with Crippen LogP contribution in [-0.2, 0) is 17.4 Å². The summed E-state index contributed by atoms with van der Waals surface area (Å²) >= 11 is 0. The first-order chi connectivity index (χ1) is 13.6. The van der Waals surface area contributed by atoms with Crippen LogP contribution < -0.4 is 4.90 Å². The van der Waals surface area contributed by atoms with Gasteiger partial charge in [-0.2, -0.15) is 10.2 Å². The van der Waals surface area contributed by atoms with Gasteiger partial charge in [-0.25, -0.2) is 14.6 Å². The van der Waals surface area contributed by atoms with Crippen LogP contribution in [-0.4, -0.2) is 49.2 Å². The number of hydrogen-bond donors (Lipinski definition) is 0. The third kappa shape index (κ3) is 2.73. The van der Waals surface area contributed by atoms with E-state index in [1.165, 1.54) is 0 Å². The molecule has 1 fully saturated rings. The summed E-state index contributed by atoms with van der Waals surface area (Å²) in [6, 6.07) is 10.0. The van der Waals surface area contributed by atoms with Crippen molar-refractivity contribution in [3.8, 4) is 5.69 Å². The minimum atomic E-state index is -0.445. The van der Waals surface area contributed by atoms with Crippen molar-refractivity contribution in [2.75, 3.05) is 24.6 Å². The van der Waals surface area contributed by atoms with Gasteiger partial charge in [0, 0.05) is 25.4 Å². The second kappa shape index (κ2) is 6.42.